The predicted molar refractivity (Wildman–Crippen MR) is 81.7 cm³/mol. The highest BCUT2D eigenvalue weighted by molar-refractivity contribution is 8.15. The van der Waals surface area contributed by atoms with Crippen LogP contribution in [0, 0.1) is 23.2 Å². The van der Waals surface area contributed by atoms with Gasteiger partial charge in [0.05, 0.1) is 5.25 Å². The smallest absolute Gasteiger partial charge is 0.239 e. The molecule has 5 heteroatoms. The second-order valence-corrected chi connectivity index (χ2v) is 8.51. The predicted octanol–water partition coefficient (Wildman–Crippen LogP) is 2.80. The Balaban J connectivity index is 1.48. The average molecular weight is 291 g/mol. The molecule has 5 rings (SSSR count). The summed E-state index contributed by atoms with van der Waals surface area (Å²) in [5, 5.41) is 11.9. The Labute approximate surface area is 123 Å². The Kier molecular flexibility index (Phi) is 2.95. The molecule has 4 nitrogen and oxygen atoms in total. The van der Waals surface area contributed by atoms with Crippen molar-refractivity contribution >= 4 is 29.1 Å². The van der Waals surface area contributed by atoms with Crippen LogP contribution in [-0.4, -0.2) is 22.5 Å². The zero-order valence-corrected chi connectivity index (χ0v) is 12.7. The van der Waals surface area contributed by atoms with Gasteiger partial charge in [-0.15, -0.1) is 5.10 Å². The van der Waals surface area contributed by atoms with Gasteiger partial charge >= 0.3 is 0 Å². The quantitative estimate of drug-likeness (QED) is 0.628. The Morgan fingerprint density at radius 2 is 1.80 bits per heavy atom. The number of hydrogen-bond acceptors (Lipinski definition) is 4. The van der Waals surface area contributed by atoms with Gasteiger partial charge in [-0.25, -0.2) is 0 Å². The molecule has 0 aromatic rings. The maximum atomic E-state index is 11.4. The molecule has 4 aliphatic carbocycles. The Hall–Kier alpha value is -0.840. The lowest BCUT2D eigenvalue weighted by atomic mass is 9.50. The summed E-state index contributed by atoms with van der Waals surface area (Å²) in [4.78, 5) is 11.4. The molecule has 1 aliphatic heterocycles. The van der Waals surface area contributed by atoms with Gasteiger partial charge in [-0.2, -0.15) is 5.10 Å². The van der Waals surface area contributed by atoms with Crippen molar-refractivity contribution in [3.63, 3.8) is 0 Å². The number of thioether (sulfide) groups is 1. The van der Waals surface area contributed by atoms with Crippen molar-refractivity contribution in [1.29, 1.82) is 0 Å². The third kappa shape index (κ3) is 2.20. The van der Waals surface area contributed by atoms with Crippen LogP contribution in [0.3, 0.4) is 0 Å². The summed E-state index contributed by atoms with van der Waals surface area (Å²) in [7, 11) is 0. The van der Waals surface area contributed by atoms with E-state index in [1.807, 2.05) is 6.92 Å². The molecule has 1 saturated heterocycles. The van der Waals surface area contributed by atoms with E-state index in [9.17, 15) is 4.79 Å². The number of hydrogen-bond donors (Lipinski definition) is 1. The van der Waals surface area contributed by atoms with E-state index >= 15 is 0 Å². The summed E-state index contributed by atoms with van der Waals surface area (Å²) in [5.41, 5.74) is 0.317. The first-order valence-electron chi connectivity index (χ1n) is 7.72. The van der Waals surface area contributed by atoms with E-state index < -0.39 is 0 Å². The van der Waals surface area contributed by atoms with Gasteiger partial charge in [-0.1, -0.05) is 11.8 Å². The molecule has 0 radical (unpaired) electrons. The van der Waals surface area contributed by atoms with E-state index in [1.54, 1.807) is 0 Å². The van der Waals surface area contributed by atoms with Gasteiger partial charge in [0, 0.05) is 11.6 Å². The minimum absolute atomic E-state index is 0.0384. The van der Waals surface area contributed by atoms with Crippen LogP contribution in [0.15, 0.2) is 10.2 Å². The first-order chi connectivity index (χ1) is 9.62. The van der Waals surface area contributed by atoms with Gasteiger partial charge < -0.3 is 5.32 Å². The summed E-state index contributed by atoms with van der Waals surface area (Å²) in [6, 6.07) is 0. The highest BCUT2D eigenvalue weighted by Gasteiger charge is 2.50. The van der Waals surface area contributed by atoms with E-state index in [0.29, 0.717) is 10.6 Å². The Morgan fingerprint density at radius 1 is 1.20 bits per heavy atom. The standard InChI is InChI=1S/C15H21N3OS/c1-9-13(19)17-14(20-9)18-16-8-15-5-10-2-11(6-15)4-12(3-10)7-15/h8-12H,2-7H2,1H3,(H,17,18,19). The third-order valence-electron chi connectivity index (χ3n) is 5.45. The van der Waals surface area contributed by atoms with Crippen LogP contribution in [-0.2, 0) is 4.79 Å². The van der Waals surface area contributed by atoms with E-state index in [0.717, 1.165) is 17.8 Å². The topological polar surface area (TPSA) is 53.8 Å². The van der Waals surface area contributed by atoms with Gasteiger partial charge in [0.1, 0.15) is 0 Å². The fourth-order valence-corrected chi connectivity index (χ4v) is 5.80. The van der Waals surface area contributed by atoms with Crippen LogP contribution in [0.25, 0.3) is 0 Å². The lowest BCUT2D eigenvalue weighted by molar-refractivity contribution is -0.118. The summed E-state index contributed by atoms with van der Waals surface area (Å²) in [5.74, 6) is 2.83. The number of amides is 1. The fraction of sp³-hybridized carbons (Fsp3) is 0.800. The maximum absolute atomic E-state index is 11.4. The second-order valence-electron chi connectivity index (χ2n) is 7.18. The molecule has 5 aliphatic rings. The van der Waals surface area contributed by atoms with E-state index in [1.165, 1.54) is 50.3 Å². The molecule has 1 unspecified atom stereocenters. The molecule has 4 saturated carbocycles. The highest BCUT2D eigenvalue weighted by atomic mass is 32.2. The van der Waals surface area contributed by atoms with Crippen LogP contribution in [0.1, 0.15) is 45.4 Å². The Bertz CT molecular complexity index is 464. The summed E-state index contributed by atoms with van der Waals surface area (Å²) in [6.07, 6.45) is 10.4. The molecule has 1 N–H and O–H groups in total. The minimum Gasteiger partial charge on any atom is -0.303 e. The fourth-order valence-electron chi connectivity index (χ4n) is 5.05. The van der Waals surface area contributed by atoms with Gasteiger partial charge in [0.2, 0.25) is 5.91 Å². The molecule has 0 spiro atoms. The molecule has 1 atom stereocenters. The zero-order chi connectivity index (χ0) is 13.7. The summed E-state index contributed by atoms with van der Waals surface area (Å²) in [6.45, 7) is 1.89. The van der Waals surface area contributed by atoms with Crippen molar-refractivity contribution < 1.29 is 4.79 Å². The maximum Gasteiger partial charge on any atom is 0.239 e. The SMILES string of the molecule is CC1SC(=NN=CC23CC4CC(CC(C4)C2)C3)NC1=O. The monoisotopic (exact) mass is 291 g/mol. The lowest BCUT2D eigenvalue weighted by Crippen LogP contribution is -2.46. The Morgan fingerprint density at radius 3 is 2.30 bits per heavy atom. The zero-order valence-electron chi connectivity index (χ0n) is 11.8. The van der Waals surface area contributed by atoms with Gasteiger partial charge in [-0.05, 0) is 63.2 Å². The molecule has 1 heterocycles. The summed E-state index contributed by atoms with van der Waals surface area (Å²) >= 11 is 1.47. The van der Waals surface area contributed by atoms with Crippen LogP contribution in [0.4, 0.5) is 0 Å². The van der Waals surface area contributed by atoms with Crippen molar-refractivity contribution in [3.05, 3.63) is 0 Å². The molecule has 5 fully saturated rings. The van der Waals surface area contributed by atoms with Gasteiger partial charge in [0.25, 0.3) is 0 Å². The van der Waals surface area contributed by atoms with Gasteiger partial charge in [-0.3, -0.25) is 4.79 Å². The molecule has 1 amide bonds. The molecular weight excluding hydrogens is 270 g/mol. The van der Waals surface area contributed by atoms with Crippen LogP contribution in [0.5, 0.6) is 0 Å². The van der Waals surface area contributed by atoms with Gasteiger partial charge in [0.15, 0.2) is 5.17 Å². The van der Waals surface area contributed by atoms with Crippen molar-refractivity contribution in [2.24, 2.45) is 33.4 Å². The molecule has 20 heavy (non-hydrogen) atoms. The number of carbonyl (C=O) groups excluding carboxylic acids is 1. The highest BCUT2D eigenvalue weighted by Crippen LogP contribution is 2.59. The van der Waals surface area contributed by atoms with Crippen molar-refractivity contribution in [1.82, 2.24) is 5.32 Å². The molecule has 108 valence electrons. The van der Waals surface area contributed by atoms with E-state index in [-0.39, 0.29) is 11.2 Å². The van der Waals surface area contributed by atoms with Crippen molar-refractivity contribution in [3.8, 4) is 0 Å². The van der Waals surface area contributed by atoms with E-state index in [2.05, 4.69) is 21.7 Å². The van der Waals surface area contributed by atoms with Crippen LogP contribution >= 0.6 is 11.8 Å². The molecule has 4 bridgehead atoms. The second kappa shape index (κ2) is 4.58. The van der Waals surface area contributed by atoms with Crippen LogP contribution in [0.2, 0.25) is 0 Å². The molecule has 0 aromatic carbocycles. The molecule has 0 aromatic heterocycles. The normalized spacial score (nSPS) is 48.5. The van der Waals surface area contributed by atoms with Crippen molar-refractivity contribution in [2.75, 3.05) is 0 Å². The lowest BCUT2D eigenvalue weighted by Gasteiger charge is -2.55. The minimum atomic E-state index is -0.0384. The van der Waals surface area contributed by atoms with Crippen molar-refractivity contribution in [2.45, 2.75) is 50.7 Å². The number of amidine groups is 1. The van der Waals surface area contributed by atoms with E-state index in [4.69, 9.17) is 0 Å². The number of rotatable bonds is 2. The van der Waals surface area contributed by atoms with Crippen LogP contribution < -0.4 is 5.32 Å². The molecular formula is C15H21N3OS. The first kappa shape index (κ1) is 12.9. The number of carbonyl (C=O) groups is 1. The largest absolute Gasteiger partial charge is 0.303 e. The number of nitrogens with zero attached hydrogens (tertiary/aromatic N) is 2. The average Bonchev–Trinajstić information content (AvgIpc) is 2.66. The third-order valence-corrected chi connectivity index (χ3v) is 6.43. The summed E-state index contributed by atoms with van der Waals surface area (Å²) < 4.78 is 0. The first-order valence-corrected chi connectivity index (χ1v) is 8.60. The number of nitrogens with one attached hydrogen (secondary N) is 1.